The number of carbonyl (C=O) groups excluding carboxylic acids is 2. The van der Waals surface area contributed by atoms with Gasteiger partial charge in [0, 0.05) is 31.4 Å². The van der Waals surface area contributed by atoms with Crippen molar-refractivity contribution < 1.29 is 9.59 Å². The second kappa shape index (κ2) is 5.87. The van der Waals surface area contributed by atoms with Crippen LogP contribution in [0.15, 0.2) is 12.4 Å². The monoisotopic (exact) mass is 290 g/mol. The lowest BCUT2D eigenvalue weighted by atomic mass is 10.1. The molecular weight excluding hydrogens is 268 g/mol. The molecule has 2 unspecified atom stereocenters. The maximum Gasteiger partial charge on any atom is 0.226 e. The minimum atomic E-state index is -0.226. The fourth-order valence-corrected chi connectivity index (χ4v) is 3.39. The van der Waals surface area contributed by atoms with Crippen LogP contribution >= 0.6 is 0 Å². The average Bonchev–Trinajstić information content (AvgIpc) is 3.20. The van der Waals surface area contributed by atoms with E-state index < -0.39 is 0 Å². The summed E-state index contributed by atoms with van der Waals surface area (Å²) in [6.45, 7) is 2.46. The van der Waals surface area contributed by atoms with E-state index in [9.17, 15) is 9.59 Å². The number of amides is 2. The molecule has 0 bridgehead atoms. The van der Waals surface area contributed by atoms with E-state index in [-0.39, 0.29) is 23.8 Å². The summed E-state index contributed by atoms with van der Waals surface area (Å²) in [5.74, 6) is 0.594. The minimum Gasteiger partial charge on any atom is -0.347 e. The highest BCUT2D eigenvalue weighted by Crippen LogP contribution is 2.29. The van der Waals surface area contributed by atoms with Gasteiger partial charge in [-0.3, -0.25) is 9.59 Å². The Morgan fingerprint density at radius 1 is 1.48 bits per heavy atom. The molecule has 1 saturated heterocycles. The van der Waals surface area contributed by atoms with Crippen LogP contribution in [0, 0.1) is 5.92 Å². The third-order valence-electron chi connectivity index (χ3n) is 4.58. The number of aromatic amines is 1. The molecule has 2 N–H and O–H groups in total. The fourth-order valence-electron chi connectivity index (χ4n) is 3.39. The van der Waals surface area contributed by atoms with Crippen LogP contribution in [-0.2, 0) is 9.59 Å². The second-order valence-electron chi connectivity index (χ2n) is 6.09. The number of imidazole rings is 1. The van der Waals surface area contributed by atoms with Crippen LogP contribution in [-0.4, -0.2) is 39.3 Å². The zero-order chi connectivity index (χ0) is 14.8. The standard InChI is InChI=1S/C15H22N4O2/c1-10(14-16-6-7-17-14)18-15(21)11-8-13(20)19(9-11)12-4-2-3-5-12/h6-7,10-12H,2-5,8-9H2,1H3,(H,16,17)(H,18,21). The van der Waals surface area contributed by atoms with Crippen LogP contribution in [0.5, 0.6) is 0 Å². The number of aromatic nitrogens is 2. The smallest absolute Gasteiger partial charge is 0.226 e. The Morgan fingerprint density at radius 3 is 2.90 bits per heavy atom. The Balaban J connectivity index is 1.57. The normalized spacial score (nSPS) is 24.5. The molecular formula is C15H22N4O2. The number of rotatable bonds is 4. The summed E-state index contributed by atoms with van der Waals surface area (Å²) in [4.78, 5) is 33.5. The third-order valence-corrected chi connectivity index (χ3v) is 4.58. The van der Waals surface area contributed by atoms with E-state index >= 15 is 0 Å². The molecule has 6 heteroatoms. The maximum atomic E-state index is 12.3. The van der Waals surface area contributed by atoms with Crippen molar-refractivity contribution in [1.29, 1.82) is 0 Å². The van der Waals surface area contributed by atoms with Crippen LogP contribution in [0.25, 0.3) is 0 Å². The molecule has 3 rings (SSSR count). The van der Waals surface area contributed by atoms with Gasteiger partial charge in [-0.1, -0.05) is 12.8 Å². The minimum absolute atomic E-state index is 0.0484. The van der Waals surface area contributed by atoms with Gasteiger partial charge in [0.15, 0.2) is 0 Å². The predicted molar refractivity (Wildman–Crippen MR) is 77.2 cm³/mol. The third kappa shape index (κ3) is 2.94. The predicted octanol–water partition coefficient (Wildman–Crippen LogP) is 1.38. The van der Waals surface area contributed by atoms with Crippen LogP contribution < -0.4 is 5.32 Å². The summed E-state index contributed by atoms with van der Waals surface area (Å²) >= 11 is 0. The highest BCUT2D eigenvalue weighted by Gasteiger charge is 2.38. The molecule has 1 saturated carbocycles. The zero-order valence-corrected chi connectivity index (χ0v) is 12.3. The van der Waals surface area contributed by atoms with Gasteiger partial charge >= 0.3 is 0 Å². The second-order valence-corrected chi connectivity index (χ2v) is 6.09. The van der Waals surface area contributed by atoms with Gasteiger partial charge in [0.2, 0.25) is 11.8 Å². The Bertz CT molecular complexity index is 508. The molecule has 1 aliphatic carbocycles. The van der Waals surface area contributed by atoms with Crippen molar-refractivity contribution >= 4 is 11.8 Å². The number of likely N-dealkylation sites (tertiary alicyclic amines) is 1. The SMILES string of the molecule is CC(NC(=O)C1CC(=O)N(C2CCCC2)C1)c1ncc[nH]1. The molecule has 2 aliphatic rings. The van der Waals surface area contributed by atoms with Crippen molar-refractivity contribution in [2.45, 2.75) is 51.1 Å². The molecule has 6 nitrogen and oxygen atoms in total. The van der Waals surface area contributed by atoms with Crippen LogP contribution in [0.2, 0.25) is 0 Å². The van der Waals surface area contributed by atoms with Gasteiger partial charge in [-0.2, -0.15) is 0 Å². The summed E-state index contributed by atoms with van der Waals surface area (Å²) < 4.78 is 0. The molecule has 1 aromatic heterocycles. The number of hydrogen-bond donors (Lipinski definition) is 2. The molecule has 21 heavy (non-hydrogen) atoms. The molecule has 0 spiro atoms. The first-order valence-electron chi connectivity index (χ1n) is 7.74. The Labute approximate surface area is 124 Å². The van der Waals surface area contributed by atoms with Crippen molar-refractivity contribution in [2.24, 2.45) is 5.92 Å². The van der Waals surface area contributed by atoms with E-state index in [1.807, 2.05) is 11.8 Å². The van der Waals surface area contributed by atoms with Crippen molar-refractivity contribution in [1.82, 2.24) is 20.2 Å². The highest BCUT2D eigenvalue weighted by atomic mass is 16.2. The molecule has 2 amide bonds. The summed E-state index contributed by atoms with van der Waals surface area (Å²) in [5.41, 5.74) is 0. The lowest BCUT2D eigenvalue weighted by molar-refractivity contribution is -0.130. The number of nitrogens with one attached hydrogen (secondary N) is 2. The first kappa shape index (κ1) is 14.1. The van der Waals surface area contributed by atoms with E-state index in [1.54, 1.807) is 12.4 Å². The maximum absolute atomic E-state index is 12.3. The molecule has 2 fully saturated rings. The topological polar surface area (TPSA) is 78.1 Å². The van der Waals surface area contributed by atoms with Crippen LogP contribution in [0.3, 0.4) is 0 Å². The van der Waals surface area contributed by atoms with Crippen LogP contribution in [0.4, 0.5) is 0 Å². The van der Waals surface area contributed by atoms with E-state index in [1.165, 1.54) is 12.8 Å². The van der Waals surface area contributed by atoms with Gasteiger partial charge in [-0.25, -0.2) is 4.98 Å². The van der Waals surface area contributed by atoms with Gasteiger partial charge in [0.05, 0.1) is 12.0 Å². The molecule has 0 aromatic carbocycles. The Kier molecular flexibility index (Phi) is 3.94. The zero-order valence-electron chi connectivity index (χ0n) is 12.3. The fraction of sp³-hybridized carbons (Fsp3) is 0.667. The lowest BCUT2D eigenvalue weighted by Gasteiger charge is -2.24. The average molecular weight is 290 g/mol. The molecule has 1 aliphatic heterocycles. The number of hydrogen-bond acceptors (Lipinski definition) is 3. The molecule has 2 atom stereocenters. The van der Waals surface area contributed by atoms with Gasteiger partial charge in [0.25, 0.3) is 0 Å². The van der Waals surface area contributed by atoms with Crippen molar-refractivity contribution in [3.63, 3.8) is 0 Å². The first-order valence-corrected chi connectivity index (χ1v) is 7.74. The molecule has 0 radical (unpaired) electrons. The van der Waals surface area contributed by atoms with E-state index in [0.717, 1.165) is 18.7 Å². The largest absolute Gasteiger partial charge is 0.347 e. The Morgan fingerprint density at radius 2 is 2.24 bits per heavy atom. The number of carbonyl (C=O) groups is 2. The van der Waals surface area contributed by atoms with Gasteiger partial charge in [0.1, 0.15) is 5.82 Å². The summed E-state index contributed by atoms with van der Waals surface area (Å²) in [7, 11) is 0. The van der Waals surface area contributed by atoms with Gasteiger partial charge in [-0.15, -0.1) is 0 Å². The van der Waals surface area contributed by atoms with E-state index in [2.05, 4.69) is 15.3 Å². The van der Waals surface area contributed by atoms with Gasteiger partial charge in [-0.05, 0) is 19.8 Å². The number of H-pyrrole nitrogens is 1. The summed E-state index contributed by atoms with van der Waals surface area (Å²) in [6, 6.07) is 0.195. The molecule has 1 aromatic rings. The molecule has 2 heterocycles. The van der Waals surface area contributed by atoms with Crippen LogP contribution in [0.1, 0.15) is 50.9 Å². The highest BCUT2D eigenvalue weighted by molar-refractivity contribution is 5.89. The molecule has 114 valence electrons. The Hall–Kier alpha value is -1.85. The quantitative estimate of drug-likeness (QED) is 0.879. The summed E-state index contributed by atoms with van der Waals surface area (Å²) in [5, 5.41) is 2.94. The summed E-state index contributed by atoms with van der Waals surface area (Å²) in [6.07, 6.45) is 8.30. The van der Waals surface area contributed by atoms with Crippen molar-refractivity contribution in [2.75, 3.05) is 6.54 Å². The first-order chi connectivity index (χ1) is 10.1. The van der Waals surface area contributed by atoms with E-state index in [0.29, 0.717) is 19.0 Å². The van der Waals surface area contributed by atoms with Crippen molar-refractivity contribution in [3.8, 4) is 0 Å². The van der Waals surface area contributed by atoms with Gasteiger partial charge < -0.3 is 15.2 Å². The van der Waals surface area contributed by atoms with Crippen molar-refractivity contribution in [3.05, 3.63) is 18.2 Å². The number of nitrogens with zero attached hydrogens (tertiary/aromatic N) is 2. The van der Waals surface area contributed by atoms with E-state index in [4.69, 9.17) is 0 Å². The lowest BCUT2D eigenvalue weighted by Crippen LogP contribution is -2.37.